The zero-order valence-corrected chi connectivity index (χ0v) is 7.43. The molecule has 0 N–H and O–H groups in total. The Kier molecular flexibility index (Phi) is 5.49. The molecule has 0 fully saturated rings. The normalized spacial score (nSPS) is 13.2. The van der Waals surface area contributed by atoms with Crippen molar-refractivity contribution in [1.29, 1.82) is 0 Å². The Bertz CT molecular complexity index is 212. The lowest BCUT2D eigenvalue weighted by atomic mass is 10.2. The second kappa shape index (κ2) is 5.93. The molecule has 0 unspecified atom stereocenters. The van der Waals surface area contributed by atoms with Gasteiger partial charge in [0.1, 0.15) is 0 Å². The van der Waals surface area contributed by atoms with Gasteiger partial charge in [-0.05, 0) is 25.4 Å². The molecule has 0 spiro atoms. The molecule has 0 aromatic carbocycles. The van der Waals surface area contributed by atoms with Crippen molar-refractivity contribution in [3.05, 3.63) is 36.0 Å². The molecular formula is C9H11ClO. The second-order valence-electron chi connectivity index (χ2n) is 1.90. The minimum Gasteiger partial charge on any atom is -0.276 e. The quantitative estimate of drug-likeness (QED) is 0.362. The van der Waals surface area contributed by atoms with Crippen LogP contribution in [0.4, 0.5) is 0 Å². The smallest absolute Gasteiger partial charge is 0.252 e. The van der Waals surface area contributed by atoms with Gasteiger partial charge in [0.2, 0.25) is 0 Å². The van der Waals surface area contributed by atoms with Gasteiger partial charge in [0.05, 0.1) is 0 Å². The van der Waals surface area contributed by atoms with Crippen LogP contribution in [-0.2, 0) is 4.79 Å². The van der Waals surface area contributed by atoms with Gasteiger partial charge < -0.3 is 0 Å². The number of halogens is 1. The zero-order chi connectivity index (χ0) is 8.69. The maximum atomic E-state index is 10.6. The predicted molar refractivity (Wildman–Crippen MR) is 48.6 cm³/mol. The van der Waals surface area contributed by atoms with Crippen LogP contribution < -0.4 is 0 Å². The summed E-state index contributed by atoms with van der Waals surface area (Å²) >= 11 is 5.24. The summed E-state index contributed by atoms with van der Waals surface area (Å²) in [5, 5.41) is -0.423. The first-order valence-corrected chi connectivity index (χ1v) is 3.75. The molecule has 2 heteroatoms. The third-order valence-electron chi connectivity index (χ3n) is 1.12. The number of rotatable bonds is 3. The third kappa shape index (κ3) is 4.57. The molecule has 0 aliphatic rings. The summed E-state index contributed by atoms with van der Waals surface area (Å²) in [6.07, 6.45) is 8.84. The van der Waals surface area contributed by atoms with E-state index in [0.717, 1.165) is 0 Å². The van der Waals surface area contributed by atoms with E-state index in [1.165, 1.54) is 0 Å². The maximum absolute atomic E-state index is 10.6. The average Bonchev–Trinajstić information content (AvgIpc) is 1.97. The SMILES string of the molecule is C\C=C/C=C\C(=C/C)C(=O)Cl. The second-order valence-corrected chi connectivity index (χ2v) is 2.25. The maximum Gasteiger partial charge on any atom is 0.252 e. The van der Waals surface area contributed by atoms with Crippen LogP contribution in [0, 0.1) is 0 Å². The lowest BCUT2D eigenvalue weighted by Gasteiger charge is -1.88. The Morgan fingerprint density at radius 2 is 1.91 bits per heavy atom. The summed E-state index contributed by atoms with van der Waals surface area (Å²) in [5.74, 6) is 0. The lowest BCUT2D eigenvalue weighted by molar-refractivity contribution is -0.108. The van der Waals surface area contributed by atoms with Gasteiger partial charge in [-0.15, -0.1) is 0 Å². The molecular weight excluding hydrogens is 160 g/mol. The van der Waals surface area contributed by atoms with Crippen molar-refractivity contribution in [3.63, 3.8) is 0 Å². The molecule has 0 aliphatic heterocycles. The number of carbonyl (C=O) groups excluding carboxylic acids is 1. The molecule has 0 rings (SSSR count). The van der Waals surface area contributed by atoms with Crippen molar-refractivity contribution < 1.29 is 4.79 Å². The molecule has 11 heavy (non-hydrogen) atoms. The minimum atomic E-state index is -0.423. The molecule has 1 nitrogen and oxygen atoms in total. The van der Waals surface area contributed by atoms with Crippen molar-refractivity contribution in [2.45, 2.75) is 13.8 Å². The molecule has 0 bridgehead atoms. The summed E-state index contributed by atoms with van der Waals surface area (Å²) in [4.78, 5) is 10.6. The van der Waals surface area contributed by atoms with E-state index in [0.29, 0.717) is 5.57 Å². The van der Waals surface area contributed by atoms with Crippen LogP contribution in [-0.4, -0.2) is 5.24 Å². The number of hydrogen-bond acceptors (Lipinski definition) is 1. The fourth-order valence-corrected chi connectivity index (χ4v) is 0.718. The first-order chi connectivity index (χ1) is 5.22. The summed E-state index contributed by atoms with van der Waals surface area (Å²) in [7, 11) is 0. The van der Waals surface area contributed by atoms with Crippen molar-refractivity contribution in [2.24, 2.45) is 0 Å². The molecule has 60 valence electrons. The van der Waals surface area contributed by atoms with Gasteiger partial charge >= 0.3 is 0 Å². The van der Waals surface area contributed by atoms with Gasteiger partial charge in [-0.2, -0.15) is 0 Å². The Labute approximate surface area is 72.1 Å². The van der Waals surface area contributed by atoms with Crippen LogP contribution in [0.5, 0.6) is 0 Å². The molecule has 0 saturated heterocycles. The highest BCUT2D eigenvalue weighted by Gasteiger charge is 1.97. The fourth-order valence-electron chi connectivity index (χ4n) is 0.546. The van der Waals surface area contributed by atoms with Crippen LogP contribution in [0.3, 0.4) is 0 Å². The van der Waals surface area contributed by atoms with Gasteiger partial charge in [-0.3, -0.25) is 4.79 Å². The van der Waals surface area contributed by atoms with E-state index in [-0.39, 0.29) is 0 Å². The average molecular weight is 171 g/mol. The van der Waals surface area contributed by atoms with Crippen molar-refractivity contribution in [2.75, 3.05) is 0 Å². The van der Waals surface area contributed by atoms with Crippen LogP contribution in [0.1, 0.15) is 13.8 Å². The van der Waals surface area contributed by atoms with Crippen LogP contribution >= 0.6 is 11.6 Å². The fraction of sp³-hybridized carbons (Fsp3) is 0.222. The highest BCUT2D eigenvalue weighted by molar-refractivity contribution is 6.68. The van der Waals surface area contributed by atoms with Gasteiger partial charge in [0, 0.05) is 5.57 Å². The summed E-state index contributed by atoms with van der Waals surface area (Å²) in [6.45, 7) is 3.68. The Balaban J connectivity index is 4.22. The number of carbonyl (C=O) groups is 1. The van der Waals surface area contributed by atoms with Gasteiger partial charge in [-0.25, -0.2) is 0 Å². The largest absolute Gasteiger partial charge is 0.276 e. The molecule has 0 saturated carbocycles. The first-order valence-electron chi connectivity index (χ1n) is 3.38. The molecule has 0 aromatic rings. The summed E-state index contributed by atoms with van der Waals surface area (Å²) in [6, 6.07) is 0. The molecule has 0 heterocycles. The number of hydrogen-bond donors (Lipinski definition) is 0. The lowest BCUT2D eigenvalue weighted by Crippen LogP contribution is -1.87. The Morgan fingerprint density at radius 3 is 2.27 bits per heavy atom. The zero-order valence-electron chi connectivity index (χ0n) is 6.67. The van der Waals surface area contributed by atoms with E-state index in [1.54, 1.807) is 25.2 Å². The van der Waals surface area contributed by atoms with Gasteiger partial charge in [0.15, 0.2) is 0 Å². The van der Waals surface area contributed by atoms with E-state index in [2.05, 4.69) is 0 Å². The highest BCUT2D eigenvalue weighted by Crippen LogP contribution is 2.01. The van der Waals surface area contributed by atoms with Crippen molar-refractivity contribution >= 4 is 16.8 Å². The molecule has 0 aromatic heterocycles. The molecule has 0 aliphatic carbocycles. The van der Waals surface area contributed by atoms with Crippen LogP contribution in [0.15, 0.2) is 36.0 Å². The molecule has 0 atom stereocenters. The van der Waals surface area contributed by atoms with Gasteiger partial charge in [0.25, 0.3) is 5.24 Å². The minimum absolute atomic E-state index is 0.423. The van der Waals surface area contributed by atoms with Crippen LogP contribution in [0.2, 0.25) is 0 Å². The Morgan fingerprint density at radius 1 is 1.27 bits per heavy atom. The summed E-state index contributed by atoms with van der Waals surface area (Å²) in [5.41, 5.74) is 0.518. The van der Waals surface area contributed by atoms with E-state index >= 15 is 0 Å². The van der Waals surface area contributed by atoms with Crippen LogP contribution in [0.25, 0.3) is 0 Å². The third-order valence-corrected chi connectivity index (χ3v) is 1.34. The highest BCUT2D eigenvalue weighted by atomic mass is 35.5. The topological polar surface area (TPSA) is 17.1 Å². The van der Waals surface area contributed by atoms with E-state index in [9.17, 15) is 4.79 Å². The van der Waals surface area contributed by atoms with E-state index < -0.39 is 5.24 Å². The first kappa shape index (κ1) is 10.2. The van der Waals surface area contributed by atoms with E-state index in [4.69, 9.17) is 11.6 Å². The standard InChI is InChI=1S/C9H11ClO/c1-3-5-6-7-8(4-2)9(10)11/h3-7H,1-2H3/b5-3-,7-6-,8-4+. The predicted octanol–water partition coefficient (Wildman–Crippen LogP) is 2.83. The Hall–Kier alpha value is -0.820. The van der Waals surface area contributed by atoms with Gasteiger partial charge in [-0.1, -0.05) is 30.4 Å². The van der Waals surface area contributed by atoms with Crippen molar-refractivity contribution in [3.8, 4) is 0 Å². The summed E-state index contributed by atoms with van der Waals surface area (Å²) < 4.78 is 0. The van der Waals surface area contributed by atoms with Crippen molar-refractivity contribution in [1.82, 2.24) is 0 Å². The molecule has 0 amide bonds. The number of allylic oxidation sites excluding steroid dienone is 6. The van der Waals surface area contributed by atoms with E-state index in [1.807, 2.05) is 19.1 Å². The monoisotopic (exact) mass is 170 g/mol. The molecule has 0 radical (unpaired) electrons.